The molecule has 2 rings (SSSR count). The van der Waals surface area contributed by atoms with Crippen molar-refractivity contribution in [3.63, 3.8) is 0 Å². The number of nitrogens with one attached hydrogen (secondary N) is 1. The standard InChI is InChI=1S/C17H23NO3/c1-3-17(15(20)21,13-8-5-4-6-9-13)12-18-14(19)16(2)10-7-11-16/h4-6,8-9H,3,7,10-12H2,1-2H3,(H,18,19)(H,20,21). The van der Waals surface area contributed by atoms with Crippen LogP contribution in [-0.4, -0.2) is 23.5 Å². The van der Waals surface area contributed by atoms with Gasteiger partial charge in [-0.05, 0) is 24.8 Å². The lowest BCUT2D eigenvalue weighted by Crippen LogP contribution is -2.51. The minimum absolute atomic E-state index is 0.0243. The summed E-state index contributed by atoms with van der Waals surface area (Å²) in [6, 6.07) is 9.15. The molecule has 1 aliphatic carbocycles. The number of carbonyl (C=O) groups excluding carboxylic acids is 1. The van der Waals surface area contributed by atoms with Crippen LogP contribution in [0.5, 0.6) is 0 Å². The Bertz CT molecular complexity index is 522. The van der Waals surface area contributed by atoms with Crippen LogP contribution in [0.15, 0.2) is 30.3 Å². The molecule has 0 heterocycles. The fraction of sp³-hybridized carbons (Fsp3) is 0.529. The molecule has 1 atom stereocenters. The number of rotatable bonds is 6. The van der Waals surface area contributed by atoms with Crippen molar-refractivity contribution in [3.05, 3.63) is 35.9 Å². The average Bonchev–Trinajstić information content (AvgIpc) is 2.46. The fourth-order valence-corrected chi connectivity index (χ4v) is 2.92. The number of benzene rings is 1. The Labute approximate surface area is 125 Å². The summed E-state index contributed by atoms with van der Waals surface area (Å²) < 4.78 is 0. The predicted octanol–water partition coefficient (Wildman–Crippen LogP) is 2.73. The monoisotopic (exact) mass is 289 g/mol. The van der Waals surface area contributed by atoms with E-state index in [2.05, 4.69) is 5.32 Å². The largest absolute Gasteiger partial charge is 0.481 e. The number of hydrogen-bond acceptors (Lipinski definition) is 2. The quantitative estimate of drug-likeness (QED) is 0.846. The zero-order valence-electron chi connectivity index (χ0n) is 12.7. The van der Waals surface area contributed by atoms with Crippen LogP contribution >= 0.6 is 0 Å². The number of aliphatic carboxylic acids is 1. The highest BCUT2D eigenvalue weighted by molar-refractivity contribution is 5.86. The smallest absolute Gasteiger partial charge is 0.315 e. The van der Waals surface area contributed by atoms with Crippen molar-refractivity contribution in [3.8, 4) is 0 Å². The molecule has 1 amide bonds. The van der Waals surface area contributed by atoms with Crippen LogP contribution < -0.4 is 5.32 Å². The van der Waals surface area contributed by atoms with Crippen molar-refractivity contribution in [2.75, 3.05) is 6.54 Å². The fourth-order valence-electron chi connectivity index (χ4n) is 2.92. The number of amides is 1. The molecule has 0 spiro atoms. The van der Waals surface area contributed by atoms with E-state index in [1.54, 1.807) is 0 Å². The van der Waals surface area contributed by atoms with Crippen LogP contribution in [0.4, 0.5) is 0 Å². The molecule has 2 N–H and O–H groups in total. The van der Waals surface area contributed by atoms with Crippen molar-refractivity contribution in [1.29, 1.82) is 0 Å². The van der Waals surface area contributed by atoms with E-state index in [0.29, 0.717) is 6.42 Å². The van der Waals surface area contributed by atoms with E-state index in [-0.39, 0.29) is 17.9 Å². The molecule has 0 radical (unpaired) electrons. The molecule has 0 aromatic heterocycles. The molecule has 1 fully saturated rings. The molecular weight excluding hydrogens is 266 g/mol. The molecule has 1 saturated carbocycles. The Morgan fingerprint density at radius 2 is 1.90 bits per heavy atom. The normalized spacial score (nSPS) is 19.1. The van der Waals surface area contributed by atoms with Crippen molar-refractivity contribution < 1.29 is 14.7 Å². The molecule has 0 aliphatic heterocycles. The summed E-state index contributed by atoms with van der Waals surface area (Å²) >= 11 is 0. The first-order chi connectivity index (χ1) is 9.94. The third-order valence-corrected chi connectivity index (χ3v) is 4.90. The number of hydrogen-bond donors (Lipinski definition) is 2. The van der Waals surface area contributed by atoms with E-state index < -0.39 is 11.4 Å². The molecule has 0 bridgehead atoms. The molecule has 1 unspecified atom stereocenters. The molecule has 1 aromatic rings. The molecule has 4 nitrogen and oxygen atoms in total. The van der Waals surface area contributed by atoms with Gasteiger partial charge in [0, 0.05) is 12.0 Å². The van der Waals surface area contributed by atoms with Crippen LogP contribution in [0.1, 0.15) is 45.1 Å². The van der Waals surface area contributed by atoms with E-state index in [1.165, 1.54) is 0 Å². The Morgan fingerprint density at radius 3 is 2.33 bits per heavy atom. The van der Waals surface area contributed by atoms with Gasteiger partial charge in [0.05, 0.1) is 0 Å². The zero-order valence-corrected chi connectivity index (χ0v) is 12.7. The number of carboxylic acids is 1. The van der Waals surface area contributed by atoms with E-state index in [1.807, 2.05) is 44.2 Å². The molecule has 21 heavy (non-hydrogen) atoms. The lowest BCUT2D eigenvalue weighted by molar-refractivity contribution is -0.144. The van der Waals surface area contributed by atoms with Crippen LogP contribution in [0.25, 0.3) is 0 Å². The first-order valence-electron chi connectivity index (χ1n) is 7.52. The first kappa shape index (κ1) is 15.5. The Balaban J connectivity index is 2.18. The van der Waals surface area contributed by atoms with E-state index >= 15 is 0 Å². The summed E-state index contributed by atoms with van der Waals surface area (Å²) in [4.78, 5) is 24.1. The van der Waals surface area contributed by atoms with Gasteiger partial charge in [0.1, 0.15) is 5.41 Å². The van der Waals surface area contributed by atoms with Crippen molar-refractivity contribution >= 4 is 11.9 Å². The molecule has 0 saturated heterocycles. The predicted molar refractivity (Wildman–Crippen MR) is 81.0 cm³/mol. The molecule has 114 valence electrons. The van der Waals surface area contributed by atoms with Gasteiger partial charge in [-0.1, -0.05) is 50.6 Å². The van der Waals surface area contributed by atoms with Gasteiger partial charge in [0.15, 0.2) is 0 Å². The third kappa shape index (κ3) is 2.80. The summed E-state index contributed by atoms with van der Waals surface area (Å²) in [5.41, 5.74) is -0.634. The molecule has 4 heteroatoms. The second-order valence-electron chi connectivity index (χ2n) is 6.20. The minimum Gasteiger partial charge on any atom is -0.481 e. The van der Waals surface area contributed by atoms with Gasteiger partial charge < -0.3 is 10.4 Å². The lowest BCUT2D eigenvalue weighted by atomic mass is 9.69. The van der Waals surface area contributed by atoms with E-state index in [4.69, 9.17) is 0 Å². The highest BCUT2D eigenvalue weighted by atomic mass is 16.4. The second-order valence-corrected chi connectivity index (χ2v) is 6.20. The van der Waals surface area contributed by atoms with Gasteiger partial charge >= 0.3 is 5.97 Å². The van der Waals surface area contributed by atoms with Gasteiger partial charge in [0.25, 0.3) is 0 Å². The van der Waals surface area contributed by atoms with E-state index in [0.717, 1.165) is 24.8 Å². The number of carbonyl (C=O) groups is 2. The summed E-state index contributed by atoms with van der Waals surface area (Å²) in [6.07, 6.45) is 3.27. The van der Waals surface area contributed by atoms with E-state index in [9.17, 15) is 14.7 Å². The van der Waals surface area contributed by atoms with Gasteiger partial charge in [-0.2, -0.15) is 0 Å². The molecule has 1 aromatic carbocycles. The van der Waals surface area contributed by atoms with Gasteiger partial charge in [-0.15, -0.1) is 0 Å². The van der Waals surface area contributed by atoms with Crippen LogP contribution in [0.3, 0.4) is 0 Å². The van der Waals surface area contributed by atoms with Crippen LogP contribution in [-0.2, 0) is 15.0 Å². The minimum atomic E-state index is -1.06. The van der Waals surface area contributed by atoms with Crippen LogP contribution in [0.2, 0.25) is 0 Å². The van der Waals surface area contributed by atoms with Crippen molar-refractivity contribution in [2.24, 2.45) is 5.41 Å². The maximum absolute atomic E-state index is 12.3. The molecular formula is C17H23NO3. The molecule has 1 aliphatic rings. The van der Waals surface area contributed by atoms with Crippen LogP contribution in [0, 0.1) is 5.41 Å². The summed E-state index contributed by atoms with van der Waals surface area (Å²) in [5.74, 6) is -0.918. The van der Waals surface area contributed by atoms with Gasteiger partial charge in [-0.3, -0.25) is 9.59 Å². The number of carboxylic acid groups (broad SMARTS) is 1. The van der Waals surface area contributed by atoms with Gasteiger partial charge in [0.2, 0.25) is 5.91 Å². The van der Waals surface area contributed by atoms with Gasteiger partial charge in [-0.25, -0.2) is 0 Å². The Morgan fingerprint density at radius 1 is 1.29 bits per heavy atom. The highest BCUT2D eigenvalue weighted by Crippen LogP contribution is 2.40. The van der Waals surface area contributed by atoms with Crippen molar-refractivity contribution in [1.82, 2.24) is 5.32 Å². The Hall–Kier alpha value is -1.84. The highest BCUT2D eigenvalue weighted by Gasteiger charge is 2.43. The SMILES string of the molecule is CCC(CNC(=O)C1(C)CCC1)(C(=O)O)c1ccccc1. The second kappa shape index (κ2) is 5.88. The maximum Gasteiger partial charge on any atom is 0.315 e. The summed E-state index contributed by atoms with van der Waals surface area (Å²) in [6.45, 7) is 3.93. The summed E-state index contributed by atoms with van der Waals surface area (Å²) in [7, 11) is 0. The lowest BCUT2D eigenvalue weighted by Gasteiger charge is -2.38. The Kier molecular flexibility index (Phi) is 4.35. The maximum atomic E-state index is 12.3. The summed E-state index contributed by atoms with van der Waals surface area (Å²) in [5, 5.41) is 12.6. The topological polar surface area (TPSA) is 66.4 Å². The first-order valence-corrected chi connectivity index (χ1v) is 7.52. The zero-order chi connectivity index (χ0) is 15.5. The third-order valence-electron chi connectivity index (χ3n) is 4.90. The van der Waals surface area contributed by atoms with Crippen molar-refractivity contribution in [2.45, 2.75) is 44.9 Å². The average molecular weight is 289 g/mol.